The van der Waals surface area contributed by atoms with E-state index in [1.54, 1.807) is 46.6 Å². The summed E-state index contributed by atoms with van der Waals surface area (Å²) in [5.74, 6) is -2.60. The van der Waals surface area contributed by atoms with E-state index in [0.717, 1.165) is 11.0 Å². The van der Waals surface area contributed by atoms with Gasteiger partial charge in [-0.15, -0.1) is 0 Å². The van der Waals surface area contributed by atoms with Crippen LogP contribution in [0.15, 0.2) is 95.4 Å². The third-order valence-corrected chi connectivity index (χ3v) is 6.41. The van der Waals surface area contributed by atoms with Crippen LogP contribution in [0, 0.1) is 5.82 Å². The maximum atomic E-state index is 14.3. The van der Waals surface area contributed by atoms with Crippen molar-refractivity contribution in [3.05, 3.63) is 102 Å². The van der Waals surface area contributed by atoms with Crippen LogP contribution in [0.1, 0.15) is 12.6 Å². The highest BCUT2D eigenvalue weighted by molar-refractivity contribution is 7.83. The van der Waals surface area contributed by atoms with Gasteiger partial charge in [0.05, 0.1) is 10.4 Å². The van der Waals surface area contributed by atoms with Gasteiger partial charge in [-0.1, -0.05) is 60.7 Å². The molecule has 34 heavy (non-hydrogen) atoms. The summed E-state index contributed by atoms with van der Waals surface area (Å²) in [5, 5.41) is 2.64. The van der Waals surface area contributed by atoms with Gasteiger partial charge in [-0.25, -0.2) is 8.60 Å². The van der Waals surface area contributed by atoms with E-state index in [1.807, 2.05) is 18.2 Å². The number of carbonyl (C=O) groups excluding carboxylic acids is 1. The van der Waals surface area contributed by atoms with Gasteiger partial charge < -0.3 is 5.32 Å². The second kappa shape index (κ2) is 10.6. The molecule has 0 fully saturated rings. The van der Waals surface area contributed by atoms with Crippen LogP contribution in [-0.2, 0) is 22.2 Å². The minimum atomic E-state index is -4.96. The summed E-state index contributed by atoms with van der Waals surface area (Å²) in [5.41, 5.74) is 2.54. The monoisotopic (exact) mass is 490 g/mol. The van der Waals surface area contributed by atoms with Crippen LogP contribution < -0.4 is 5.32 Å². The van der Waals surface area contributed by atoms with E-state index in [0.29, 0.717) is 23.2 Å². The number of alkyl halides is 3. The second-order valence-electron chi connectivity index (χ2n) is 7.48. The van der Waals surface area contributed by atoms with E-state index in [4.69, 9.17) is 0 Å². The number of nitrogens with one attached hydrogen (secondary N) is 1. The molecule has 1 N–H and O–H groups in total. The maximum absolute atomic E-state index is 14.3. The van der Waals surface area contributed by atoms with E-state index < -0.39 is 28.9 Å². The van der Waals surface area contributed by atoms with Crippen molar-refractivity contribution in [3.63, 3.8) is 0 Å². The van der Waals surface area contributed by atoms with E-state index in [-0.39, 0.29) is 11.4 Å². The van der Waals surface area contributed by atoms with Crippen LogP contribution in [0.25, 0.3) is 10.9 Å². The Balaban J connectivity index is 1.89. The normalized spacial score (nSPS) is 13.7. The van der Waals surface area contributed by atoms with Crippen LogP contribution in [0.2, 0.25) is 0 Å². The summed E-state index contributed by atoms with van der Waals surface area (Å²) in [4.78, 5) is 11.1. The first-order valence-corrected chi connectivity index (χ1v) is 11.3. The highest BCUT2D eigenvalue weighted by Crippen LogP contribution is 2.26. The summed E-state index contributed by atoms with van der Waals surface area (Å²) >= 11 is 0. The average Bonchev–Trinajstić information content (AvgIpc) is 3.15. The third-order valence-electron chi connectivity index (χ3n) is 4.94. The van der Waals surface area contributed by atoms with Gasteiger partial charge in [0.1, 0.15) is 5.82 Å². The standard InChI is InChI=1S/C25H22F4N2O2S/c1-3-18(16-30-24(32)25(27,28)29)13-12-17(2)14-20-15-19-8-4-6-10-22(19)31(20)34(33)23-11-7-5-9-21(23)26/h3-13,15H,1,14,16H2,2H3,(H,30,32)/b17-12+,18-13+. The number of hydrogen-bond acceptors (Lipinski definition) is 2. The van der Waals surface area contributed by atoms with Crippen molar-refractivity contribution in [2.24, 2.45) is 0 Å². The number of fused-ring (bicyclic) bond motifs is 1. The summed E-state index contributed by atoms with van der Waals surface area (Å²) < 4.78 is 66.4. The molecule has 0 spiro atoms. The van der Waals surface area contributed by atoms with Gasteiger partial charge in [-0.2, -0.15) is 13.2 Å². The summed E-state index contributed by atoms with van der Waals surface area (Å²) in [6.45, 7) is 5.04. The van der Waals surface area contributed by atoms with Crippen molar-refractivity contribution >= 4 is 27.8 Å². The number of hydrogen-bond donors (Lipinski definition) is 1. The lowest BCUT2D eigenvalue weighted by atomic mass is 10.1. The van der Waals surface area contributed by atoms with Crippen LogP contribution in [0.5, 0.6) is 0 Å². The Morgan fingerprint density at radius 1 is 1.12 bits per heavy atom. The fourth-order valence-electron chi connectivity index (χ4n) is 3.27. The van der Waals surface area contributed by atoms with E-state index >= 15 is 0 Å². The molecule has 4 nitrogen and oxygen atoms in total. The van der Waals surface area contributed by atoms with Crippen molar-refractivity contribution in [1.29, 1.82) is 0 Å². The topological polar surface area (TPSA) is 51.1 Å². The molecule has 1 atom stereocenters. The summed E-state index contributed by atoms with van der Waals surface area (Å²) in [6.07, 6.45) is -0.0146. The number of rotatable bonds is 8. The number of carbonyl (C=O) groups is 1. The van der Waals surface area contributed by atoms with Crippen molar-refractivity contribution < 1.29 is 26.6 Å². The van der Waals surface area contributed by atoms with Crippen molar-refractivity contribution in [1.82, 2.24) is 9.29 Å². The molecule has 0 aliphatic carbocycles. The molecule has 1 unspecified atom stereocenters. The molecule has 2 aromatic carbocycles. The zero-order valence-electron chi connectivity index (χ0n) is 18.2. The minimum absolute atomic E-state index is 0.0565. The van der Waals surface area contributed by atoms with E-state index in [2.05, 4.69) is 6.58 Å². The zero-order chi connectivity index (χ0) is 24.9. The first-order valence-electron chi connectivity index (χ1n) is 10.2. The SMILES string of the molecule is C=C/C(=C\C=C(/C)Cc1cc2ccccc2n1S(=O)c1ccccc1F)CNC(=O)C(F)(F)F. The number of benzene rings is 2. The van der Waals surface area contributed by atoms with Crippen LogP contribution in [-0.4, -0.2) is 26.8 Å². The van der Waals surface area contributed by atoms with Crippen LogP contribution in [0.3, 0.4) is 0 Å². The Kier molecular flexibility index (Phi) is 7.88. The predicted octanol–water partition coefficient (Wildman–Crippen LogP) is 5.63. The van der Waals surface area contributed by atoms with Gasteiger partial charge in [-0.3, -0.25) is 8.77 Å². The Labute approximate surface area is 196 Å². The van der Waals surface area contributed by atoms with Crippen molar-refractivity contribution in [3.8, 4) is 0 Å². The Morgan fingerprint density at radius 3 is 2.47 bits per heavy atom. The molecule has 3 rings (SSSR count). The summed E-state index contributed by atoms with van der Waals surface area (Å²) in [7, 11) is -1.83. The molecule has 1 amide bonds. The minimum Gasteiger partial charge on any atom is -0.344 e. The van der Waals surface area contributed by atoms with Crippen molar-refractivity contribution in [2.75, 3.05) is 6.54 Å². The number of allylic oxidation sites excluding steroid dienone is 3. The number of amides is 1. The van der Waals surface area contributed by atoms with E-state index in [1.165, 1.54) is 24.3 Å². The Bertz CT molecular complexity index is 1310. The van der Waals surface area contributed by atoms with Crippen LogP contribution >= 0.6 is 0 Å². The number of para-hydroxylation sites is 1. The number of nitrogens with zero attached hydrogens (tertiary/aromatic N) is 1. The van der Waals surface area contributed by atoms with E-state index in [9.17, 15) is 26.6 Å². The smallest absolute Gasteiger partial charge is 0.344 e. The quantitative estimate of drug-likeness (QED) is 0.329. The molecular weight excluding hydrogens is 468 g/mol. The highest BCUT2D eigenvalue weighted by atomic mass is 32.2. The molecule has 9 heteroatoms. The van der Waals surface area contributed by atoms with Gasteiger partial charge in [0, 0.05) is 24.0 Å². The van der Waals surface area contributed by atoms with Gasteiger partial charge in [0.25, 0.3) is 0 Å². The fourth-order valence-corrected chi connectivity index (χ4v) is 4.57. The molecule has 0 aliphatic heterocycles. The van der Waals surface area contributed by atoms with Gasteiger partial charge >= 0.3 is 12.1 Å². The largest absolute Gasteiger partial charge is 0.471 e. The van der Waals surface area contributed by atoms with Gasteiger partial charge in [0.2, 0.25) is 0 Å². The molecule has 0 saturated heterocycles. The zero-order valence-corrected chi connectivity index (χ0v) is 19.0. The first kappa shape index (κ1) is 25.2. The summed E-state index contributed by atoms with van der Waals surface area (Å²) in [6, 6.07) is 15.1. The molecule has 0 saturated carbocycles. The lowest BCUT2D eigenvalue weighted by Gasteiger charge is -2.11. The molecular formula is C25H22F4N2O2S. The van der Waals surface area contributed by atoms with Gasteiger partial charge in [0.15, 0.2) is 11.0 Å². The molecule has 0 aliphatic rings. The number of halogens is 4. The molecule has 3 aromatic rings. The predicted molar refractivity (Wildman–Crippen MR) is 125 cm³/mol. The molecule has 0 bridgehead atoms. The molecule has 178 valence electrons. The molecule has 1 aromatic heterocycles. The third kappa shape index (κ3) is 5.91. The highest BCUT2D eigenvalue weighted by Gasteiger charge is 2.38. The van der Waals surface area contributed by atoms with Crippen molar-refractivity contribution in [2.45, 2.75) is 24.4 Å². The first-order chi connectivity index (χ1) is 16.1. The lowest BCUT2D eigenvalue weighted by molar-refractivity contribution is -0.173. The van der Waals surface area contributed by atoms with Gasteiger partial charge in [-0.05, 0) is 36.8 Å². The Morgan fingerprint density at radius 2 is 1.79 bits per heavy atom. The molecule has 1 heterocycles. The number of aromatic nitrogens is 1. The lowest BCUT2D eigenvalue weighted by Crippen LogP contribution is -2.37. The Hall–Kier alpha value is -3.46. The van der Waals surface area contributed by atoms with Crippen LogP contribution in [0.4, 0.5) is 17.6 Å². The fraction of sp³-hybridized carbons (Fsp3) is 0.160. The second-order valence-corrected chi connectivity index (χ2v) is 8.79. The average molecular weight is 491 g/mol. The maximum Gasteiger partial charge on any atom is 0.471 e. The molecule has 0 radical (unpaired) electrons.